The predicted octanol–water partition coefficient (Wildman–Crippen LogP) is -0.539. The van der Waals surface area contributed by atoms with Crippen LogP contribution in [0.1, 0.15) is 40.5 Å². The molecule has 13 heteroatoms. The lowest BCUT2D eigenvalue weighted by atomic mass is 9.38. The molecule has 0 aromatic heterocycles. The average Bonchev–Trinajstić information content (AvgIpc) is 3.21. The molecule has 2 saturated carbocycles. The molecule has 3 aliphatic carbocycles. The third kappa shape index (κ3) is 3.78. The van der Waals surface area contributed by atoms with Crippen LogP contribution in [0.25, 0.3) is 0 Å². The summed E-state index contributed by atoms with van der Waals surface area (Å²) in [5.41, 5.74) is 1.70. The van der Waals surface area contributed by atoms with E-state index in [0.29, 0.717) is 11.1 Å². The zero-order valence-electron chi connectivity index (χ0n) is 23.5. The van der Waals surface area contributed by atoms with Gasteiger partial charge in [0.2, 0.25) is 11.7 Å². The summed E-state index contributed by atoms with van der Waals surface area (Å²) in [4.78, 5) is 65.1. The number of Topliss-reactive ketones (excluding diaryl/α,β-unsaturated/α-hetero) is 1. The molecule has 5 rings (SSSR count). The molecule has 41 heavy (non-hydrogen) atoms. The fourth-order valence-electron chi connectivity index (χ4n) is 8.53. The van der Waals surface area contributed by atoms with E-state index in [9.17, 15) is 34.2 Å². The van der Waals surface area contributed by atoms with Crippen molar-refractivity contribution in [3.05, 3.63) is 23.0 Å². The van der Waals surface area contributed by atoms with Crippen LogP contribution in [0, 0.1) is 28.6 Å². The SMILES string of the molecule is COC(=O)C12OC[C@]34C([C@@H](O)[C@@H]1O)[C@@]1(C)CC(=O)C(OC(=O)CN)=C(C)[C@@H]1C[C@H]3OC(=O)[C@H](OC(=O)C=C(C)C)[C@@H]24. The number of aliphatic hydroxyl groups is 2. The van der Waals surface area contributed by atoms with E-state index in [0.717, 1.165) is 7.11 Å². The number of allylic oxidation sites excluding steroid dienone is 3. The van der Waals surface area contributed by atoms with Gasteiger partial charge in [-0.05, 0) is 44.1 Å². The van der Waals surface area contributed by atoms with E-state index >= 15 is 0 Å². The highest BCUT2D eigenvalue weighted by Gasteiger charge is 2.85. The van der Waals surface area contributed by atoms with E-state index in [2.05, 4.69) is 0 Å². The van der Waals surface area contributed by atoms with Gasteiger partial charge >= 0.3 is 23.9 Å². The summed E-state index contributed by atoms with van der Waals surface area (Å²) in [6, 6.07) is 0. The van der Waals surface area contributed by atoms with Crippen molar-refractivity contribution in [2.45, 2.75) is 70.6 Å². The van der Waals surface area contributed by atoms with Gasteiger partial charge in [-0.2, -0.15) is 0 Å². The molecule has 10 atom stereocenters. The van der Waals surface area contributed by atoms with Crippen LogP contribution in [0.2, 0.25) is 0 Å². The molecule has 2 aliphatic heterocycles. The zero-order valence-corrected chi connectivity index (χ0v) is 23.5. The van der Waals surface area contributed by atoms with Gasteiger partial charge < -0.3 is 39.6 Å². The Morgan fingerprint density at radius 1 is 1.17 bits per heavy atom. The second-order valence-electron chi connectivity index (χ2n) is 12.2. The molecule has 2 saturated heterocycles. The summed E-state index contributed by atoms with van der Waals surface area (Å²) in [6.45, 7) is 6.02. The highest BCUT2D eigenvalue weighted by Crippen LogP contribution is 2.72. The van der Waals surface area contributed by atoms with Crippen LogP contribution in [0.3, 0.4) is 0 Å². The van der Waals surface area contributed by atoms with E-state index in [1.165, 1.54) is 6.08 Å². The second-order valence-corrected chi connectivity index (χ2v) is 12.2. The van der Waals surface area contributed by atoms with Crippen LogP contribution in [0.5, 0.6) is 0 Å². The minimum Gasteiger partial charge on any atom is -0.467 e. The normalized spacial score (nSPS) is 42.4. The highest BCUT2D eigenvalue weighted by atomic mass is 16.6. The largest absolute Gasteiger partial charge is 0.467 e. The Labute approximate surface area is 235 Å². The van der Waals surface area contributed by atoms with Crippen LogP contribution >= 0.6 is 0 Å². The lowest BCUT2D eigenvalue weighted by Crippen LogP contribution is -2.79. The van der Waals surface area contributed by atoms with Crippen LogP contribution in [0.15, 0.2) is 23.0 Å². The first kappa shape index (κ1) is 29.4. The molecular formula is C28H35NO12. The Balaban J connectivity index is 1.70. The van der Waals surface area contributed by atoms with Crippen molar-refractivity contribution in [3.63, 3.8) is 0 Å². The molecule has 2 bridgehead atoms. The van der Waals surface area contributed by atoms with Gasteiger partial charge in [-0.1, -0.05) is 12.5 Å². The minimum absolute atomic E-state index is 0.121. The fraction of sp³-hybridized carbons (Fsp3) is 0.679. The van der Waals surface area contributed by atoms with E-state index in [1.807, 2.05) is 0 Å². The molecule has 2 unspecified atom stereocenters. The van der Waals surface area contributed by atoms with Gasteiger partial charge in [0.25, 0.3) is 0 Å². The first-order valence-electron chi connectivity index (χ1n) is 13.5. The molecule has 0 aromatic rings. The van der Waals surface area contributed by atoms with Crippen molar-refractivity contribution in [2.24, 2.45) is 34.3 Å². The molecule has 0 aromatic carbocycles. The number of hydrogen-bond acceptors (Lipinski definition) is 13. The maximum absolute atomic E-state index is 13.5. The third-order valence-corrected chi connectivity index (χ3v) is 9.85. The number of carbonyl (C=O) groups is 5. The standard InChI is InChI=1S/C28H35NO12/c1-11(2)6-16(31)40-20-22-27-10-38-28(22,25(36)37-5)23(34)18(33)21(27)26(4)8-14(30)19(41-17(32)9-29)12(3)13(26)7-15(27)39-24(20)35/h6,13,15,18,20-23,33-34H,7-10,29H2,1-5H3/t13-,15+,18+,20+,21?,22+,23-,26-,27+,28?/m0/s1. The number of methoxy groups -OCH3 is 1. The van der Waals surface area contributed by atoms with Crippen LogP contribution in [-0.4, -0.2) is 90.2 Å². The highest BCUT2D eigenvalue weighted by molar-refractivity contribution is 5.98. The monoisotopic (exact) mass is 577 g/mol. The van der Waals surface area contributed by atoms with E-state index in [4.69, 9.17) is 29.4 Å². The Kier molecular flexibility index (Phi) is 6.96. The summed E-state index contributed by atoms with van der Waals surface area (Å²) in [5, 5.41) is 23.4. The first-order chi connectivity index (χ1) is 19.2. The number of aliphatic hydroxyl groups excluding tert-OH is 2. The quantitative estimate of drug-likeness (QED) is 0.214. The zero-order chi connectivity index (χ0) is 30.2. The number of esters is 4. The molecule has 224 valence electrons. The van der Waals surface area contributed by atoms with Crippen LogP contribution in [-0.2, 0) is 47.7 Å². The first-order valence-corrected chi connectivity index (χ1v) is 13.5. The van der Waals surface area contributed by atoms with Crippen LogP contribution < -0.4 is 5.73 Å². The Hall–Kier alpha value is -3.13. The second kappa shape index (κ2) is 9.72. The van der Waals surface area contributed by atoms with Gasteiger partial charge in [0, 0.05) is 23.8 Å². The number of ketones is 1. The van der Waals surface area contributed by atoms with Gasteiger partial charge in [0.1, 0.15) is 12.2 Å². The summed E-state index contributed by atoms with van der Waals surface area (Å²) in [6.07, 6.45) is -5.12. The summed E-state index contributed by atoms with van der Waals surface area (Å²) in [7, 11) is 1.08. The number of carbonyl (C=O) groups excluding carboxylic acids is 5. The topological polar surface area (TPSA) is 198 Å². The number of hydrogen-bond donors (Lipinski definition) is 3. The molecule has 5 aliphatic rings. The molecular weight excluding hydrogens is 542 g/mol. The number of rotatable bonds is 5. The lowest BCUT2D eigenvalue weighted by Gasteiger charge is -2.67. The molecule has 4 N–H and O–H groups in total. The van der Waals surface area contributed by atoms with Gasteiger partial charge in [-0.3, -0.25) is 9.59 Å². The van der Waals surface area contributed by atoms with Crippen molar-refractivity contribution < 1.29 is 57.9 Å². The molecule has 1 spiro atoms. The minimum atomic E-state index is -2.26. The number of ether oxygens (including phenoxy) is 5. The molecule has 0 radical (unpaired) electrons. The fourth-order valence-corrected chi connectivity index (χ4v) is 8.53. The van der Waals surface area contributed by atoms with Gasteiger partial charge in [-0.15, -0.1) is 0 Å². The van der Waals surface area contributed by atoms with E-state index in [1.54, 1.807) is 27.7 Å². The molecule has 0 amide bonds. The van der Waals surface area contributed by atoms with Crippen molar-refractivity contribution in [2.75, 3.05) is 20.3 Å². The smallest absolute Gasteiger partial charge is 0.348 e. The van der Waals surface area contributed by atoms with E-state index in [-0.39, 0.29) is 25.2 Å². The predicted molar refractivity (Wildman–Crippen MR) is 135 cm³/mol. The molecule has 13 nitrogen and oxygen atoms in total. The van der Waals surface area contributed by atoms with Crippen molar-refractivity contribution in [3.8, 4) is 0 Å². The van der Waals surface area contributed by atoms with Crippen molar-refractivity contribution in [1.82, 2.24) is 0 Å². The average molecular weight is 578 g/mol. The Bertz CT molecular complexity index is 1280. The maximum Gasteiger partial charge on any atom is 0.348 e. The van der Waals surface area contributed by atoms with Gasteiger partial charge in [0.05, 0.1) is 32.3 Å². The lowest BCUT2D eigenvalue weighted by molar-refractivity contribution is -0.290. The molecule has 4 fully saturated rings. The summed E-state index contributed by atoms with van der Waals surface area (Å²) in [5.74, 6) is -7.14. The summed E-state index contributed by atoms with van der Waals surface area (Å²) >= 11 is 0. The Morgan fingerprint density at radius 2 is 1.85 bits per heavy atom. The number of fused-ring (bicyclic) bond motifs is 2. The molecule has 2 heterocycles. The third-order valence-electron chi connectivity index (χ3n) is 9.85. The van der Waals surface area contributed by atoms with Gasteiger partial charge in [-0.25, -0.2) is 14.4 Å². The number of nitrogens with two attached hydrogens (primary N) is 1. The summed E-state index contributed by atoms with van der Waals surface area (Å²) < 4.78 is 27.9. The Morgan fingerprint density at radius 3 is 2.46 bits per heavy atom. The van der Waals surface area contributed by atoms with Crippen molar-refractivity contribution >= 4 is 29.7 Å². The van der Waals surface area contributed by atoms with E-state index < -0.39 is 94.8 Å². The maximum atomic E-state index is 13.5. The van der Waals surface area contributed by atoms with Crippen molar-refractivity contribution in [1.29, 1.82) is 0 Å². The van der Waals surface area contributed by atoms with Gasteiger partial charge in [0.15, 0.2) is 11.5 Å². The van der Waals surface area contributed by atoms with Crippen LogP contribution in [0.4, 0.5) is 0 Å².